The van der Waals surface area contributed by atoms with Gasteiger partial charge in [-0.05, 0) is 47.4 Å². The molecule has 1 fully saturated rings. The number of hydrogen-bond acceptors (Lipinski definition) is 1. The summed E-state index contributed by atoms with van der Waals surface area (Å²) in [6, 6.07) is 6.66. The van der Waals surface area contributed by atoms with E-state index in [-0.39, 0.29) is 11.3 Å². The molecule has 21 heavy (non-hydrogen) atoms. The Hall–Kier alpha value is -1.57. The summed E-state index contributed by atoms with van der Waals surface area (Å²) in [7, 11) is 0. The van der Waals surface area contributed by atoms with E-state index in [4.69, 9.17) is 0 Å². The molecule has 1 aliphatic heterocycles. The lowest BCUT2D eigenvalue weighted by Gasteiger charge is -2.27. The molecule has 2 heteroatoms. The Bertz CT molecular complexity index is 586. The first-order chi connectivity index (χ1) is 9.95. The Morgan fingerprint density at radius 2 is 1.81 bits per heavy atom. The lowest BCUT2D eigenvalue weighted by molar-refractivity contribution is -0.127. The average molecular weight is 283 g/mol. The summed E-state index contributed by atoms with van der Waals surface area (Å²) in [5.74, 6) is 0.253. The van der Waals surface area contributed by atoms with Crippen LogP contribution in [-0.2, 0) is 16.6 Å². The second-order valence-corrected chi connectivity index (χ2v) is 7.36. The maximum Gasteiger partial charge on any atom is 0.250 e. The molecule has 112 valence electrons. The number of nitrogens with zero attached hydrogens (tertiary/aromatic N) is 1. The average Bonchev–Trinajstić information content (AvgIpc) is 2.89. The first kappa shape index (κ1) is 14.4. The molecule has 0 aromatic heterocycles. The molecular weight excluding hydrogens is 258 g/mol. The molecule has 1 aromatic rings. The van der Waals surface area contributed by atoms with Crippen LogP contribution < -0.4 is 0 Å². The summed E-state index contributed by atoms with van der Waals surface area (Å²) < 4.78 is 0. The summed E-state index contributed by atoms with van der Waals surface area (Å²) in [6.45, 7) is 8.55. The zero-order valence-electron chi connectivity index (χ0n) is 13.4. The van der Waals surface area contributed by atoms with Crippen LogP contribution in [0.2, 0.25) is 0 Å². The minimum Gasteiger partial charge on any atom is -0.339 e. The van der Waals surface area contributed by atoms with E-state index < -0.39 is 0 Å². The lowest BCUT2D eigenvalue weighted by Crippen LogP contribution is -2.36. The van der Waals surface area contributed by atoms with Crippen molar-refractivity contribution >= 4 is 12.0 Å². The van der Waals surface area contributed by atoms with E-state index in [1.165, 1.54) is 23.1 Å². The van der Waals surface area contributed by atoms with E-state index in [1.807, 2.05) is 4.90 Å². The summed E-state index contributed by atoms with van der Waals surface area (Å²) >= 11 is 0. The van der Waals surface area contributed by atoms with Crippen molar-refractivity contribution in [3.63, 3.8) is 0 Å². The third-order valence-electron chi connectivity index (χ3n) is 4.64. The van der Waals surface area contributed by atoms with Crippen LogP contribution in [0, 0.1) is 0 Å². The van der Waals surface area contributed by atoms with E-state index in [2.05, 4.69) is 45.0 Å². The minimum atomic E-state index is 0.155. The summed E-state index contributed by atoms with van der Waals surface area (Å²) in [4.78, 5) is 14.6. The number of rotatable bonds is 1. The fourth-order valence-corrected chi connectivity index (χ4v) is 3.24. The standard InChI is InChI=1S/C19H25NO/c1-19(2,3)17-8-7-14-11-16(12-15(14)13-17)18(21)20-9-5-4-6-10-20/h7-8,12-13H,4-6,9-11H2,1-3H3. The van der Waals surface area contributed by atoms with Crippen LogP contribution in [0.5, 0.6) is 0 Å². The highest BCUT2D eigenvalue weighted by atomic mass is 16.2. The zero-order chi connectivity index (χ0) is 15.0. The molecule has 0 atom stereocenters. The molecule has 2 aliphatic rings. The zero-order valence-corrected chi connectivity index (χ0v) is 13.4. The van der Waals surface area contributed by atoms with Gasteiger partial charge < -0.3 is 4.90 Å². The monoisotopic (exact) mass is 283 g/mol. The number of carbonyl (C=O) groups is 1. The van der Waals surface area contributed by atoms with Crippen LogP contribution in [0.15, 0.2) is 23.8 Å². The second-order valence-electron chi connectivity index (χ2n) is 7.36. The highest BCUT2D eigenvalue weighted by Gasteiger charge is 2.25. The van der Waals surface area contributed by atoms with Gasteiger partial charge in [-0.2, -0.15) is 0 Å². The second kappa shape index (κ2) is 5.32. The number of likely N-dealkylation sites (tertiary alicyclic amines) is 1. The van der Waals surface area contributed by atoms with Crippen molar-refractivity contribution in [1.82, 2.24) is 4.90 Å². The van der Waals surface area contributed by atoms with E-state index in [9.17, 15) is 4.79 Å². The summed E-state index contributed by atoms with van der Waals surface area (Å²) in [5.41, 5.74) is 5.00. The molecule has 1 saturated heterocycles. The molecule has 2 nitrogen and oxygen atoms in total. The summed E-state index contributed by atoms with van der Waals surface area (Å²) in [6.07, 6.45) is 6.48. The van der Waals surface area contributed by atoms with Crippen LogP contribution in [0.3, 0.4) is 0 Å². The molecule has 0 unspecified atom stereocenters. The summed E-state index contributed by atoms with van der Waals surface area (Å²) in [5, 5.41) is 0. The van der Waals surface area contributed by atoms with Gasteiger partial charge >= 0.3 is 0 Å². The predicted octanol–water partition coefficient (Wildman–Crippen LogP) is 3.94. The number of amides is 1. The van der Waals surface area contributed by atoms with E-state index in [0.717, 1.165) is 37.9 Å². The fourth-order valence-electron chi connectivity index (χ4n) is 3.24. The molecule has 1 heterocycles. The topological polar surface area (TPSA) is 20.3 Å². The number of piperidine rings is 1. The molecule has 0 radical (unpaired) electrons. The van der Waals surface area contributed by atoms with E-state index in [0.29, 0.717) is 0 Å². The van der Waals surface area contributed by atoms with E-state index in [1.54, 1.807) is 0 Å². The van der Waals surface area contributed by atoms with Gasteiger partial charge in [0.2, 0.25) is 5.91 Å². The quantitative estimate of drug-likeness (QED) is 0.764. The van der Waals surface area contributed by atoms with Crippen molar-refractivity contribution in [3.8, 4) is 0 Å². The molecule has 0 saturated carbocycles. The predicted molar refractivity (Wildman–Crippen MR) is 87.3 cm³/mol. The lowest BCUT2D eigenvalue weighted by atomic mass is 9.85. The molecule has 1 aliphatic carbocycles. The van der Waals surface area contributed by atoms with Gasteiger partial charge in [0.15, 0.2) is 0 Å². The Labute approximate surface area is 127 Å². The van der Waals surface area contributed by atoms with Crippen molar-refractivity contribution in [2.45, 2.75) is 51.9 Å². The van der Waals surface area contributed by atoms with E-state index >= 15 is 0 Å². The van der Waals surface area contributed by atoms with Crippen LogP contribution in [0.25, 0.3) is 6.08 Å². The molecule has 0 bridgehead atoms. The molecular formula is C19H25NO. The number of hydrogen-bond donors (Lipinski definition) is 0. The first-order valence-corrected chi connectivity index (χ1v) is 8.08. The van der Waals surface area contributed by atoms with Crippen LogP contribution in [0.1, 0.15) is 56.7 Å². The van der Waals surface area contributed by atoms with Gasteiger partial charge in [-0.1, -0.05) is 39.0 Å². The molecule has 0 N–H and O–H groups in total. The van der Waals surface area contributed by atoms with Crippen molar-refractivity contribution in [2.24, 2.45) is 0 Å². The van der Waals surface area contributed by atoms with Crippen molar-refractivity contribution in [2.75, 3.05) is 13.1 Å². The van der Waals surface area contributed by atoms with Gasteiger partial charge in [0, 0.05) is 25.1 Å². The number of carbonyl (C=O) groups excluding carboxylic acids is 1. The van der Waals surface area contributed by atoms with Gasteiger partial charge in [0.05, 0.1) is 0 Å². The Morgan fingerprint density at radius 1 is 1.10 bits per heavy atom. The van der Waals surface area contributed by atoms with Gasteiger partial charge in [-0.15, -0.1) is 0 Å². The van der Waals surface area contributed by atoms with Crippen LogP contribution >= 0.6 is 0 Å². The van der Waals surface area contributed by atoms with Gasteiger partial charge in [-0.3, -0.25) is 4.79 Å². The van der Waals surface area contributed by atoms with Crippen LogP contribution in [0.4, 0.5) is 0 Å². The molecule has 0 spiro atoms. The third kappa shape index (κ3) is 2.90. The minimum absolute atomic E-state index is 0.155. The Morgan fingerprint density at radius 3 is 2.48 bits per heavy atom. The Kier molecular flexibility index (Phi) is 3.64. The van der Waals surface area contributed by atoms with Crippen LogP contribution in [-0.4, -0.2) is 23.9 Å². The van der Waals surface area contributed by atoms with Gasteiger partial charge in [0.1, 0.15) is 0 Å². The van der Waals surface area contributed by atoms with Crippen molar-refractivity contribution in [1.29, 1.82) is 0 Å². The maximum atomic E-state index is 12.6. The highest BCUT2D eigenvalue weighted by Crippen LogP contribution is 2.31. The van der Waals surface area contributed by atoms with Crippen molar-refractivity contribution in [3.05, 3.63) is 40.5 Å². The first-order valence-electron chi connectivity index (χ1n) is 8.08. The maximum absolute atomic E-state index is 12.6. The molecule has 1 amide bonds. The van der Waals surface area contributed by atoms with Gasteiger partial charge in [-0.25, -0.2) is 0 Å². The van der Waals surface area contributed by atoms with Gasteiger partial charge in [0.25, 0.3) is 0 Å². The molecule has 3 rings (SSSR count). The largest absolute Gasteiger partial charge is 0.339 e. The normalized spacial score (nSPS) is 18.4. The molecule has 1 aromatic carbocycles. The third-order valence-corrected chi connectivity index (χ3v) is 4.64. The highest BCUT2D eigenvalue weighted by molar-refractivity contribution is 6.00. The Balaban J connectivity index is 1.82. The smallest absolute Gasteiger partial charge is 0.250 e. The number of fused-ring (bicyclic) bond motifs is 1. The SMILES string of the molecule is CC(C)(C)c1ccc2c(c1)C=C(C(=O)N1CCCCC1)C2. The fraction of sp³-hybridized carbons (Fsp3) is 0.526. The van der Waals surface area contributed by atoms with Crippen molar-refractivity contribution < 1.29 is 4.79 Å². The number of benzene rings is 1.